The first kappa shape index (κ1) is 28.0. The minimum atomic E-state index is -1.11. The number of anilines is 2. The second-order valence-corrected chi connectivity index (χ2v) is 11.5. The zero-order chi connectivity index (χ0) is 28.1. The van der Waals surface area contributed by atoms with Crippen LogP contribution in [-0.4, -0.2) is 59.1 Å². The standard InChI is InChI=1S/C30H28Cl2N4O3S/c31-22-11-12-25(26(32)18-22)28(37)36(27(29(38)39)17-21-7-3-1-4-8-21)20-24-19-33-30(40-24)35-15-13-34(14-16-35)23-9-5-2-6-10-23/h1-12,18-19,27H,13-17,20H2,(H,38,39)/t27-/m0/s1. The van der Waals surface area contributed by atoms with Gasteiger partial charge in [0.15, 0.2) is 5.13 Å². The zero-order valence-electron chi connectivity index (χ0n) is 21.6. The summed E-state index contributed by atoms with van der Waals surface area (Å²) in [7, 11) is 0. The molecule has 4 aromatic rings. The van der Waals surface area contributed by atoms with Crippen LogP contribution in [0.15, 0.2) is 85.1 Å². The Balaban J connectivity index is 1.37. The molecule has 2 heterocycles. The van der Waals surface area contributed by atoms with E-state index >= 15 is 0 Å². The Morgan fingerprint density at radius 1 is 0.925 bits per heavy atom. The normalized spacial score (nSPS) is 14.2. The number of piperazine rings is 1. The van der Waals surface area contributed by atoms with Crippen molar-refractivity contribution >= 4 is 57.2 Å². The number of carboxylic acids is 1. The highest BCUT2D eigenvalue weighted by atomic mass is 35.5. The van der Waals surface area contributed by atoms with Crippen molar-refractivity contribution in [2.45, 2.75) is 19.0 Å². The molecule has 5 rings (SSSR count). The van der Waals surface area contributed by atoms with E-state index in [1.165, 1.54) is 34.1 Å². The molecule has 1 aromatic heterocycles. The van der Waals surface area contributed by atoms with Crippen LogP contribution in [0.2, 0.25) is 10.0 Å². The highest BCUT2D eigenvalue weighted by Crippen LogP contribution is 2.29. The lowest BCUT2D eigenvalue weighted by Gasteiger charge is -2.36. The van der Waals surface area contributed by atoms with Crippen LogP contribution >= 0.6 is 34.5 Å². The van der Waals surface area contributed by atoms with E-state index in [2.05, 4.69) is 26.9 Å². The van der Waals surface area contributed by atoms with Crippen LogP contribution < -0.4 is 9.80 Å². The van der Waals surface area contributed by atoms with E-state index in [1.807, 2.05) is 48.5 Å². The molecule has 0 aliphatic carbocycles. The summed E-state index contributed by atoms with van der Waals surface area (Å²) >= 11 is 13.9. The van der Waals surface area contributed by atoms with Gasteiger partial charge in [-0.2, -0.15) is 0 Å². The van der Waals surface area contributed by atoms with Gasteiger partial charge in [-0.1, -0.05) is 71.7 Å². The number of carboxylic acid groups (broad SMARTS) is 1. The monoisotopic (exact) mass is 594 g/mol. The maximum Gasteiger partial charge on any atom is 0.326 e. The largest absolute Gasteiger partial charge is 0.480 e. The van der Waals surface area contributed by atoms with Gasteiger partial charge in [-0.3, -0.25) is 4.79 Å². The van der Waals surface area contributed by atoms with Crippen LogP contribution in [-0.2, 0) is 17.8 Å². The van der Waals surface area contributed by atoms with Crippen molar-refractivity contribution in [2.24, 2.45) is 0 Å². The Hall–Kier alpha value is -3.59. The summed E-state index contributed by atoms with van der Waals surface area (Å²) in [4.78, 5) is 37.7. The minimum absolute atomic E-state index is 0.0865. The van der Waals surface area contributed by atoms with Crippen molar-refractivity contribution < 1.29 is 14.7 Å². The molecule has 7 nitrogen and oxygen atoms in total. The molecule has 1 atom stereocenters. The van der Waals surface area contributed by atoms with Crippen LogP contribution in [0.5, 0.6) is 0 Å². The third-order valence-electron chi connectivity index (χ3n) is 6.89. The van der Waals surface area contributed by atoms with Gasteiger partial charge in [0, 0.05) is 54.4 Å². The third-order valence-corrected chi connectivity index (χ3v) is 8.49. The van der Waals surface area contributed by atoms with Crippen molar-refractivity contribution in [3.63, 3.8) is 0 Å². The van der Waals surface area contributed by atoms with E-state index in [9.17, 15) is 14.7 Å². The predicted octanol–water partition coefficient (Wildman–Crippen LogP) is 6.11. The topological polar surface area (TPSA) is 77.0 Å². The molecule has 0 spiro atoms. The van der Waals surface area contributed by atoms with E-state index in [4.69, 9.17) is 23.2 Å². The van der Waals surface area contributed by atoms with Gasteiger partial charge in [0.05, 0.1) is 17.1 Å². The van der Waals surface area contributed by atoms with Crippen LogP contribution in [0, 0.1) is 0 Å². The summed E-state index contributed by atoms with van der Waals surface area (Å²) in [5.74, 6) is -1.57. The van der Waals surface area contributed by atoms with Gasteiger partial charge in [0.25, 0.3) is 5.91 Å². The number of para-hydroxylation sites is 1. The highest BCUT2D eigenvalue weighted by molar-refractivity contribution is 7.15. The molecule has 1 N–H and O–H groups in total. The fraction of sp³-hybridized carbons (Fsp3) is 0.233. The highest BCUT2D eigenvalue weighted by Gasteiger charge is 2.32. The average Bonchev–Trinajstić information content (AvgIpc) is 3.44. The number of carbonyl (C=O) groups excluding carboxylic acids is 1. The summed E-state index contributed by atoms with van der Waals surface area (Å²) in [5, 5.41) is 11.7. The number of thiazole rings is 1. The molecule has 3 aromatic carbocycles. The molecule has 0 saturated carbocycles. The van der Waals surface area contributed by atoms with Crippen molar-refractivity contribution in [1.29, 1.82) is 0 Å². The second kappa shape index (κ2) is 12.7. The quantitative estimate of drug-likeness (QED) is 0.252. The number of benzene rings is 3. The first-order valence-corrected chi connectivity index (χ1v) is 14.5. The van der Waals surface area contributed by atoms with E-state index < -0.39 is 17.9 Å². The molecule has 0 unspecified atom stereocenters. The average molecular weight is 596 g/mol. The summed E-state index contributed by atoms with van der Waals surface area (Å²) in [6, 6.07) is 23.1. The van der Waals surface area contributed by atoms with Gasteiger partial charge in [0.1, 0.15) is 6.04 Å². The maximum absolute atomic E-state index is 13.8. The minimum Gasteiger partial charge on any atom is -0.480 e. The molecule has 1 aliphatic heterocycles. The van der Waals surface area contributed by atoms with Crippen LogP contribution in [0.3, 0.4) is 0 Å². The maximum atomic E-state index is 13.8. The van der Waals surface area contributed by atoms with Crippen molar-refractivity contribution in [3.05, 3.63) is 111 Å². The first-order chi connectivity index (χ1) is 19.4. The van der Waals surface area contributed by atoms with Crippen molar-refractivity contribution in [3.8, 4) is 0 Å². The summed E-state index contributed by atoms with van der Waals surface area (Å²) in [6.45, 7) is 3.46. The third kappa shape index (κ3) is 6.58. The predicted molar refractivity (Wildman–Crippen MR) is 161 cm³/mol. The van der Waals surface area contributed by atoms with E-state index in [0.717, 1.165) is 41.8 Å². The lowest BCUT2D eigenvalue weighted by atomic mass is 10.0. The van der Waals surface area contributed by atoms with Gasteiger partial charge < -0.3 is 19.8 Å². The number of aromatic nitrogens is 1. The zero-order valence-corrected chi connectivity index (χ0v) is 23.9. The lowest BCUT2D eigenvalue weighted by molar-refractivity contribution is -0.142. The Kier molecular flexibility index (Phi) is 8.89. The molecule has 1 saturated heterocycles. The Bertz CT molecular complexity index is 1460. The number of halogens is 2. The Morgan fingerprint density at radius 2 is 1.57 bits per heavy atom. The van der Waals surface area contributed by atoms with E-state index in [0.29, 0.717) is 5.02 Å². The molecular formula is C30H28Cl2N4O3S. The van der Waals surface area contributed by atoms with Gasteiger partial charge in [0.2, 0.25) is 0 Å². The molecule has 206 valence electrons. The molecule has 0 radical (unpaired) electrons. The fourth-order valence-electron chi connectivity index (χ4n) is 4.79. The van der Waals surface area contributed by atoms with Crippen molar-refractivity contribution in [1.82, 2.24) is 9.88 Å². The number of aliphatic carboxylic acids is 1. The Morgan fingerprint density at radius 3 is 2.23 bits per heavy atom. The van der Waals surface area contributed by atoms with E-state index in [1.54, 1.807) is 12.3 Å². The summed E-state index contributed by atoms with van der Waals surface area (Å²) in [6.07, 6.45) is 1.88. The fourth-order valence-corrected chi connectivity index (χ4v) is 6.24. The SMILES string of the molecule is O=C(O)[C@H](Cc1ccccc1)N(Cc1cnc(N2CCN(c3ccccc3)CC2)s1)C(=O)c1ccc(Cl)cc1Cl. The lowest BCUT2D eigenvalue weighted by Crippen LogP contribution is -2.46. The molecule has 0 bridgehead atoms. The Labute approximate surface area is 247 Å². The number of hydrogen-bond donors (Lipinski definition) is 1. The van der Waals surface area contributed by atoms with Crippen molar-refractivity contribution in [2.75, 3.05) is 36.0 Å². The molecular weight excluding hydrogens is 567 g/mol. The number of nitrogens with zero attached hydrogens (tertiary/aromatic N) is 4. The summed E-state index contributed by atoms with van der Waals surface area (Å²) < 4.78 is 0. The first-order valence-electron chi connectivity index (χ1n) is 12.9. The molecule has 1 fully saturated rings. The van der Waals surface area contributed by atoms with Gasteiger partial charge in [-0.15, -0.1) is 11.3 Å². The van der Waals surface area contributed by atoms with Gasteiger partial charge in [-0.05, 0) is 35.9 Å². The smallest absolute Gasteiger partial charge is 0.326 e. The number of carbonyl (C=O) groups is 2. The van der Waals surface area contributed by atoms with E-state index in [-0.39, 0.29) is 23.6 Å². The van der Waals surface area contributed by atoms with Crippen LogP contribution in [0.25, 0.3) is 0 Å². The number of amides is 1. The molecule has 1 amide bonds. The van der Waals surface area contributed by atoms with Gasteiger partial charge in [-0.25, -0.2) is 9.78 Å². The summed E-state index contributed by atoms with van der Waals surface area (Å²) in [5.41, 5.74) is 2.22. The molecule has 10 heteroatoms. The number of hydrogen-bond acceptors (Lipinski definition) is 6. The van der Waals surface area contributed by atoms with Crippen LogP contribution in [0.1, 0.15) is 20.8 Å². The molecule has 1 aliphatic rings. The number of rotatable bonds is 9. The second-order valence-electron chi connectivity index (χ2n) is 9.52. The molecule has 40 heavy (non-hydrogen) atoms. The van der Waals surface area contributed by atoms with Crippen LogP contribution in [0.4, 0.5) is 10.8 Å². The van der Waals surface area contributed by atoms with Gasteiger partial charge >= 0.3 is 5.97 Å².